The van der Waals surface area contributed by atoms with Gasteiger partial charge in [0.15, 0.2) is 6.10 Å². The largest absolute Gasteiger partial charge is 0.481 e. The minimum Gasteiger partial charge on any atom is -0.481 e. The van der Waals surface area contributed by atoms with E-state index in [1.54, 1.807) is 31.2 Å². The van der Waals surface area contributed by atoms with Crippen LogP contribution in [0.4, 0.5) is 16.2 Å². The molecule has 0 aromatic heterocycles. The molecule has 0 heterocycles. The Kier molecular flexibility index (Phi) is 6.00. The number of amides is 2. The van der Waals surface area contributed by atoms with Crippen LogP contribution >= 0.6 is 0 Å². The third-order valence-corrected chi connectivity index (χ3v) is 3.70. The smallest absolute Gasteiger partial charge is 0.411 e. The molecule has 6 heteroatoms. The number of nitrogens with one attached hydrogen (secondary N) is 2. The van der Waals surface area contributed by atoms with Gasteiger partial charge in [0.1, 0.15) is 5.75 Å². The van der Waals surface area contributed by atoms with Crippen LogP contribution in [0.5, 0.6) is 5.75 Å². The fourth-order valence-corrected chi connectivity index (χ4v) is 2.28. The van der Waals surface area contributed by atoms with Crippen LogP contribution in [-0.2, 0) is 9.53 Å². The Labute approximate surface area is 147 Å². The van der Waals surface area contributed by atoms with Crippen molar-refractivity contribution in [3.63, 3.8) is 0 Å². The highest BCUT2D eigenvalue weighted by molar-refractivity contribution is 5.95. The van der Waals surface area contributed by atoms with Crippen LogP contribution < -0.4 is 15.4 Å². The average Bonchev–Trinajstić information content (AvgIpc) is 2.59. The maximum atomic E-state index is 12.4. The summed E-state index contributed by atoms with van der Waals surface area (Å²) in [6.45, 7) is 5.58. The zero-order chi connectivity index (χ0) is 18.4. The highest BCUT2D eigenvalue weighted by Gasteiger charge is 2.16. The van der Waals surface area contributed by atoms with Gasteiger partial charge in [-0.05, 0) is 56.2 Å². The van der Waals surface area contributed by atoms with E-state index < -0.39 is 12.2 Å². The van der Waals surface area contributed by atoms with Crippen molar-refractivity contribution in [3.05, 3.63) is 53.6 Å². The molecule has 2 aromatic rings. The standard InChI is InChI=1S/C19H22N2O4/c1-12-6-5-7-13(2)17(12)21-18(22)14(3)25-16-10-8-15(9-11-16)20-19(23)24-4/h5-11,14H,1-4H3,(H,20,23)(H,21,22). The van der Waals surface area contributed by atoms with Crippen molar-refractivity contribution in [2.24, 2.45) is 0 Å². The number of benzene rings is 2. The monoisotopic (exact) mass is 342 g/mol. The lowest BCUT2D eigenvalue weighted by atomic mass is 10.1. The summed E-state index contributed by atoms with van der Waals surface area (Å²) in [5.41, 5.74) is 3.38. The number of carbonyl (C=O) groups excluding carboxylic acids is 2. The first-order valence-electron chi connectivity index (χ1n) is 7.89. The highest BCUT2D eigenvalue weighted by Crippen LogP contribution is 2.21. The maximum absolute atomic E-state index is 12.4. The van der Waals surface area contributed by atoms with Crippen LogP contribution in [0.1, 0.15) is 18.1 Å². The van der Waals surface area contributed by atoms with Crippen LogP contribution in [0.25, 0.3) is 0 Å². The molecule has 2 amide bonds. The van der Waals surface area contributed by atoms with Crippen molar-refractivity contribution >= 4 is 23.4 Å². The Hall–Kier alpha value is -3.02. The second kappa shape index (κ2) is 8.19. The minimum absolute atomic E-state index is 0.228. The molecular formula is C19H22N2O4. The van der Waals surface area contributed by atoms with Crippen molar-refractivity contribution in [1.82, 2.24) is 0 Å². The van der Waals surface area contributed by atoms with E-state index in [2.05, 4.69) is 15.4 Å². The molecule has 0 spiro atoms. The topological polar surface area (TPSA) is 76.7 Å². The second-order valence-electron chi connectivity index (χ2n) is 5.66. The van der Waals surface area contributed by atoms with Gasteiger partial charge in [-0.3, -0.25) is 10.1 Å². The third kappa shape index (κ3) is 4.97. The number of hydrogen-bond acceptors (Lipinski definition) is 4. The van der Waals surface area contributed by atoms with E-state index in [1.807, 2.05) is 32.0 Å². The first-order valence-corrected chi connectivity index (χ1v) is 7.89. The molecule has 25 heavy (non-hydrogen) atoms. The van der Waals surface area contributed by atoms with Crippen LogP contribution in [0.2, 0.25) is 0 Å². The Balaban J connectivity index is 1.98. The average molecular weight is 342 g/mol. The van der Waals surface area contributed by atoms with Gasteiger partial charge in [0.05, 0.1) is 7.11 Å². The first kappa shape index (κ1) is 18.3. The molecule has 0 bridgehead atoms. The van der Waals surface area contributed by atoms with Crippen molar-refractivity contribution in [2.75, 3.05) is 17.7 Å². The Morgan fingerprint density at radius 1 is 0.960 bits per heavy atom. The Morgan fingerprint density at radius 2 is 1.56 bits per heavy atom. The molecule has 0 saturated heterocycles. The fraction of sp³-hybridized carbons (Fsp3) is 0.263. The zero-order valence-corrected chi connectivity index (χ0v) is 14.8. The normalized spacial score (nSPS) is 11.4. The maximum Gasteiger partial charge on any atom is 0.411 e. The van der Waals surface area contributed by atoms with Gasteiger partial charge in [-0.25, -0.2) is 4.79 Å². The van der Waals surface area contributed by atoms with Crippen LogP contribution in [0, 0.1) is 13.8 Å². The molecule has 0 radical (unpaired) electrons. The molecule has 0 fully saturated rings. The summed E-state index contributed by atoms with van der Waals surface area (Å²) < 4.78 is 10.2. The van der Waals surface area contributed by atoms with Crippen molar-refractivity contribution in [3.8, 4) is 5.75 Å². The lowest BCUT2D eigenvalue weighted by Crippen LogP contribution is -2.30. The van der Waals surface area contributed by atoms with Crippen LogP contribution in [-0.4, -0.2) is 25.2 Å². The zero-order valence-electron chi connectivity index (χ0n) is 14.8. The number of para-hydroxylation sites is 1. The number of ether oxygens (including phenoxy) is 2. The molecule has 0 saturated carbocycles. The molecule has 0 aliphatic carbocycles. The first-order chi connectivity index (χ1) is 11.9. The van der Waals surface area contributed by atoms with E-state index in [0.717, 1.165) is 16.8 Å². The lowest BCUT2D eigenvalue weighted by Gasteiger charge is -2.17. The summed E-state index contributed by atoms with van der Waals surface area (Å²) >= 11 is 0. The van der Waals surface area contributed by atoms with E-state index in [-0.39, 0.29) is 5.91 Å². The Bertz CT molecular complexity index is 736. The van der Waals surface area contributed by atoms with Gasteiger partial charge in [0, 0.05) is 11.4 Å². The summed E-state index contributed by atoms with van der Waals surface area (Å²) in [6, 6.07) is 12.5. The van der Waals surface area contributed by atoms with Gasteiger partial charge in [0.25, 0.3) is 5.91 Å². The van der Waals surface area contributed by atoms with Gasteiger partial charge < -0.3 is 14.8 Å². The van der Waals surface area contributed by atoms with Crippen LogP contribution in [0.15, 0.2) is 42.5 Å². The van der Waals surface area contributed by atoms with Gasteiger partial charge >= 0.3 is 6.09 Å². The molecule has 6 nitrogen and oxygen atoms in total. The van der Waals surface area contributed by atoms with Gasteiger partial charge in [-0.1, -0.05) is 18.2 Å². The molecule has 0 aliphatic heterocycles. The Morgan fingerprint density at radius 3 is 2.12 bits per heavy atom. The molecule has 132 valence electrons. The van der Waals surface area contributed by atoms with Gasteiger partial charge in [-0.2, -0.15) is 0 Å². The predicted molar refractivity (Wildman–Crippen MR) is 97.1 cm³/mol. The third-order valence-electron chi connectivity index (χ3n) is 3.70. The van der Waals surface area contributed by atoms with E-state index in [0.29, 0.717) is 11.4 Å². The molecule has 1 atom stereocenters. The van der Waals surface area contributed by atoms with Crippen molar-refractivity contribution in [2.45, 2.75) is 26.9 Å². The predicted octanol–water partition coefficient (Wildman–Crippen LogP) is 3.89. The SMILES string of the molecule is COC(=O)Nc1ccc(OC(C)C(=O)Nc2c(C)cccc2C)cc1. The summed E-state index contributed by atoms with van der Waals surface area (Å²) in [4.78, 5) is 23.5. The van der Waals surface area contributed by atoms with Gasteiger partial charge in [0.2, 0.25) is 0 Å². The number of hydrogen-bond donors (Lipinski definition) is 2. The quantitative estimate of drug-likeness (QED) is 0.864. The summed E-state index contributed by atoms with van der Waals surface area (Å²) in [7, 11) is 1.29. The van der Waals surface area contributed by atoms with Gasteiger partial charge in [-0.15, -0.1) is 0 Å². The van der Waals surface area contributed by atoms with Crippen molar-refractivity contribution in [1.29, 1.82) is 0 Å². The van der Waals surface area contributed by atoms with E-state index in [1.165, 1.54) is 7.11 Å². The molecule has 2 aromatic carbocycles. The number of anilines is 2. The summed E-state index contributed by atoms with van der Waals surface area (Å²) in [6.07, 6.45) is -1.21. The molecule has 2 rings (SSSR count). The van der Waals surface area contributed by atoms with E-state index >= 15 is 0 Å². The summed E-state index contributed by atoms with van der Waals surface area (Å²) in [5.74, 6) is 0.300. The number of aryl methyl sites for hydroxylation is 2. The lowest BCUT2D eigenvalue weighted by molar-refractivity contribution is -0.122. The number of methoxy groups -OCH3 is 1. The number of rotatable bonds is 5. The number of carbonyl (C=O) groups is 2. The molecule has 0 aliphatic rings. The molecular weight excluding hydrogens is 320 g/mol. The summed E-state index contributed by atoms with van der Waals surface area (Å²) in [5, 5.41) is 5.45. The van der Waals surface area contributed by atoms with E-state index in [4.69, 9.17) is 4.74 Å². The second-order valence-corrected chi connectivity index (χ2v) is 5.66. The highest BCUT2D eigenvalue weighted by atomic mass is 16.5. The minimum atomic E-state index is -0.668. The fourth-order valence-electron chi connectivity index (χ4n) is 2.28. The van der Waals surface area contributed by atoms with Crippen LogP contribution in [0.3, 0.4) is 0 Å². The van der Waals surface area contributed by atoms with E-state index in [9.17, 15) is 9.59 Å². The van der Waals surface area contributed by atoms with Crippen molar-refractivity contribution < 1.29 is 19.1 Å². The molecule has 2 N–H and O–H groups in total. The molecule has 1 unspecified atom stereocenters.